The van der Waals surface area contributed by atoms with Crippen molar-refractivity contribution in [2.45, 2.75) is 6.54 Å². The summed E-state index contributed by atoms with van der Waals surface area (Å²) in [6.07, 6.45) is 6.39. The van der Waals surface area contributed by atoms with E-state index in [1.807, 2.05) is 16.1 Å². The maximum Gasteiger partial charge on any atom is 0.180 e. The molecular weight excluding hydrogens is 312 g/mol. The first-order valence-electron chi connectivity index (χ1n) is 6.71. The van der Waals surface area contributed by atoms with E-state index in [2.05, 4.69) is 31.5 Å². The molecule has 3 aromatic heterocycles. The smallest absolute Gasteiger partial charge is 0.180 e. The average molecular weight is 326 g/mol. The predicted octanol–water partition coefficient (Wildman–Crippen LogP) is 2.26. The van der Waals surface area contributed by atoms with Crippen LogP contribution in [0.25, 0.3) is 17.1 Å². The summed E-state index contributed by atoms with van der Waals surface area (Å²) in [6.45, 7) is 4.55. The number of nitrogens with zero attached hydrogens (tertiary/aromatic N) is 5. The second-order valence-corrected chi connectivity index (χ2v) is 5.31. The van der Waals surface area contributed by atoms with Gasteiger partial charge in [0.25, 0.3) is 0 Å². The van der Waals surface area contributed by atoms with Gasteiger partial charge in [0.1, 0.15) is 12.0 Å². The van der Waals surface area contributed by atoms with Crippen molar-refractivity contribution in [3.05, 3.63) is 65.7 Å². The molecule has 116 valence electrons. The van der Waals surface area contributed by atoms with Crippen LogP contribution in [-0.4, -0.2) is 24.7 Å². The fourth-order valence-electron chi connectivity index (χ4n) is 2.01. The number of hydrogen-bond donors (Lipinski definition) is 1. The molecule has 23 heavy (non-hydrogen) atoms. The van der Waals surface area contributed by atoms with Gasteiger partial charge in [-0.2, -0.15) is 11.0 Å². The van der Waals surface area contributed by atoms with Crippen molar-refractivity contribution in [3.8, 4) is 11.5 Å². The van der Waals surface area contributed by atoms with Crippen LogP contribution in [0.5, 0.6) is 0 Å². The largest absolute Gasteiger partial charge is 0.419 e. The van der Waals surface area contributed by atoms with E-state index in [9.17, 15) is 0 Å². The van der Waals surface area contributed by atoms with Crippen molar-refractivity contribution < 1.29 is 4.84 Å². The molecule has 3 aromatic rings. The van der Waals surface area contributed by atoms with E-state index in [0.717, 1.165) is 11.4 Å². The molecule has 0 radical (unpaired) electrons. The molecule has 3 rings (SSSR count). The first-order chi connectivity index (χ1) is 11.3. The van der Waals surface area contributed by atoms with E-state index in [0.29, 0.717) is 23.6 Å². The van der Waals surface area contributed by atoms with Crippen molar-refractivity contribution >= 4 is 16.9 Å². The van der Waals surface area contributed by atoms with Gasteiger partial charge in [-0.05, 0) is 23.8 Å². The number of nitrogens with two attached hydrogens (primary N) is 1. The Morgan fingerprint density at radius 2 is 2.17 bits per heavy atom. The zero-order valence-corrected chi connectivity index (χ0v) is 13.0. The molecule has 0 fully saturated rings. The molecule has 0 bridgehead atoms. The minimum absolute atomic E-state index is 0.530. The Labute approximate surface area is 136 Å². The van der Waals surface area contributed by atoms with Crippen molar-refractivity contribution in [1.82, 2.24) is 24.7 Å². The summed E-state index contributed by atoms with van der Waals surface area (Å²) >= 11 is 1.54. The Balaban J connectivity index is 1.99. The lowest BCUT2D eigenvalue weighted by atomic mass is 10.2. The number of allylic oxidation sites excluding steroid dienone is 2. The molecule has 2 N–H and O–H groups in total. The van der Waals surface area contributed by atoms with Gasteiger partial charge in [0.15, 0.2) is 5.82 Å². The molecule has 0 atom stereocenters. The maximum absolute atomic E-state index is 5.02. The molecule has 0 aliphatic rings. The van der Waals surface area contributed by atoms with E-state index in [1.165, 1.54) is 6.26 Å². The molecule has 0 spiro atoms. The Kier molecular flexibility index (Phi) is 4.55. The Morgan fingerprint density at radius 1 is 1.35 bits per heavy atom. The van der Waals surface area contributed by atoms with Gasteiger partial charge >= 0.3 is 0 Å². The second kappa shape index (κ2) is 6.95. The van der Waals surface area contributed by atoms with E-state index in [-0.39, 0.29) is 0 Å². The third-order valence-corrected chi connectivity index (χ3v) is 3.68. The van der Waals surface area contributed by atoms with Gasteiger partial charge < -0.3 is 4.84 Å². The zero-order valence-electron chi connectivity index (χ0n) is 12.2. The van der Waals surface area contributed by atoms with Gasteiger partial charge in [0, 0.05) is 17.8 Å². The standard InChI is InChI=1S/C15H14N6OS/c1-11(3-6-22-16)14-7-13(15-17-4-2-5-18-15)20-21(14)8-12-9-23-10-19-12/h2-7,9-10H,1,8,16H2/b6-3-. The van der Waals surface area contributed by atoms with Crippen LogP contribution in [0.2, 0.25) is 0 Å². The molecule has 0 unspecified atom stereocenters. The van der Waals surface area contributed by atoms with Crippen LogP contribution in [-0.2, 0) is 11.4 Å². The fraction of sp³-hybridized carbons (Fsp3) is 0.0667. The third kappa shape index (κ3) is 3.50. The Morgan fingerprint density at radius 3 is 2.87 bits per heavy atom. The monoisotopic (exact) mass is 326 g/mol. The Hall–Kier alpha value is -2.84. The lowest BCUT2D eigenvalue weighted by molar-refractivity contribution is 0.261. The maximum atomic E-state index is 5.02. The molecule has 0 aliphatic heterocycles. The van der Waals surface area contributed by atoms with Crippen molar-refractivity contribution in [2.24, 2.45) is 5.90 Å². The van der Waals surface area contributed by atoms with Crippen molar-refractivity contribution in [3.63, 3.8) is 0 Å². The molecule has 0 aromatic carbocycles. The van der Waals surface area contributed by atoms with Gasteiger partial charge in [-0.25, -0.2) is 15.0 Å². The van der Waals surface area contributed by atoms with Gasteiger partial charge in [-0.15, -0.1) is 11.3 Å². The van der Waals surface area contributed by atoms with Gasteiger partial charge in [0.2, 0.25) is 0 Å². The van der Waals surface area contributed by atoms with Crippen LogP contribution in [0.3, 0.4) is 0 Å². The van der Waals surface area contributed by atoms with Crippen LogP contribution < -0.4 is 5.90 Å². The normalized spacial score (nSPS) is 11.0. The SMILES string of the molecule is C=C(/C=C\ON)c1cc(-c2ncccn2)nn1Cc1cscn1. The minimum Gasteiger partial charge on any atom is -0.419 e. The lowest BCUT2D eigenvalue weighted by Crippen LogP contribution is -2.06. The number of aromatic nitrogens is 5. The second-order valence-electron chi connectivity index (χ2n) is 4.59. The molecule has 8 heteroatoms. The predicted molar refractivity (Wildman–Crippen MR) is 87.9 cm³/mol. The Bertz CT molecular complexity index is 810. The highest BCUT2D eigenvalue weighted by Gasteiger charge is 2.13. The van der Waals surface area contributed by atoms with Gasteiger partial charge in [-0.1, -0.05) is 6.58 Å². The van der Waals surface area contributed by atoms with Crippen LogP contribution in [0.4, 0.5) is 0 Å². The summed E-state index contributed by atoms with van der Waals surface area (Å²) in [5.41, 5.74) is 4.90. The summed E-state index contributed by atoms with van der Waals surface area (Å²) in [7, 11) is 0. The average Bonchev–Trinajstić information content (AvgIpc) is 3.24. The van der Waals surface area contributed by atoms with Gasteiger partial charge in [0.05, 0.1) is 23.4 Å². The highest BCUT2D eigenvalue weighted by atomic mass is 32.1. The number of thiazole rings is 1. The highest BCUT2D eigenvalue weighted by Crippen LogP contribution is 2.22. The van der Waals surface area contributed by atoms with Crippen molar-refractivity contribution in [1.29, 1.82) is 0 Å². The van der Waals surface area contributed by atoms with Gasteiger partial charge in [-0.3, -0.25) is 4.68 Å². The summed E-state index contributed by atoms with van der Waals surface area (Å²) in [5.74, 6) is 5.57. The summed E-state index contributed by atoms with van der Waals surface area (Å²) in [4.78, 5) is 17.2. The zero-order chi connectivity index (χ0) is 16.1. The lowest BCUT2D eigenvalue weighted by Gasteiger charge is -2.05. The van der Waals surface area contributed by atoms with Crippen LogP contribution >= 0.6 is 11.3 Å². The molecule has 0 saturated heterocycles. The number of hydrogen-bond acceptors (Lipinski definition) is 7. The molecule has 0 aliphatic carbocycles. The molecule has 7 nitrogen and oxygen atoms in total. The van der Waals surface area contributed by atoms with E-state index >= 15 is 0 Å². The topological polar surface area (TPSA) is 91.7 Å². The molecule has 0 amide bonds. The van der Waals surface area contributed by atoms with Crippen molar-refractivity contribution in [2.75, 3.05) is 0 Å². The van der Waals surface area contributed by atoms with E-state index < -0.39 is 0 Å². The van der Waals surface area contributed by atoms with Crippen LogP contribution in [0.15, 0.2) is 54.3 Å². The van der Waals surface area contributed by atoms with Crippen LogP contribution in [0, 0.1) is 0 Å². The summed E-state index contributed by atoms with van der Waals surface area (Å²) < 4.78 is 1.81. The van der Waals surface area contributed by atoms with E-state index in [1.54, 1.807) is 41.4 Å². The first-order valence-corrected chi connectivity index (χ1v) is 7.66. The molecule has 0 saturated carbocycles. The van der Waals surface area contributed by atoms with Crippen LogP contribution in [0.1, 0.15) is 11.4 Å². The molecular formula is C15H14N6OS. The fourth-order valence-corrected chi connectivity index (χ4v) is 2.56. The summed E-state index contributed by atoms with van der Waals surface area (Å²) in [6, 6.07) is 3.64. The molecule has 3 heterocycles. The quantitative estimate of drug-likeness (QED) is 0.424. The summed E-state index contributed by atoms with van der Waals surface area (Å²) in [5, 5.41) is 6.55. The number of rotatable bonds is 6. The third-order valence-electron chi connectivity index (χ3n) is 3.05. The highest BCUT2D eigenvalue weighted by molar-refractivity contribution is 7.07. The van der Waals surface area contributed by atoms with E-state index in [4.69, 9.17) is 5.90 Å². The first kappa shape index (κ1) is 15.1. The minimum atomic E-state index is 0.530.